The minimum Gasteiger partial charge on any atom is -0.382 e. The highest BCUT2D eigenvalue weighted by Gasteiger charge is 2.15. The van der Waals surface area contributed by atoms with Crippen LogP contribution in [0.3, 0.4) is 0 Å². The molecule has 1 amide bonds. The van der Waals surface area contributed by atoms with Crippen LogP contribution in [0.15, 0.2) is 30.5 Å². The number of carbonyl (C=O) groups is 1. The molecule has 3 rings (SSSR count). The van der Waals surface area contributed by atoms with Crippen LogP contribution < -0.4 is 15.0 Å². The zero-order chi connectivity index (χ0) is 19.4. The number of nitrogens with zero attached hydrogens (tertiary/aromatic N) is 4. The van der Waals surface area contributed by atoms with Crippen LogP contribution in [0.4, 0.5) is 11.8 Å². The molecule has 0 radical (unpaired) electrons. The fourth-order valence-electron chi connectivity index (χ4n) is 2.74. The first kappa shape index (κ1) is 18.8. The molecule has 9 heteroatoms. The molecule has 0 spiro atoms. The number of carbonyl (C=O) groups excluding carboxylic acids is 1. The predicted octanol–water partition coefficient (Wildman–Crippen LogP) is 2.01. The monoisotopic (exact) mass is 473 g/mol. The summed E-state index contributed by atoms with van der Waals surface area (Å²) >= 11 is 1.81. The molecule has 136 valence electrons. The van der Waals surface area contributed by atoms with Crippen molar-refractivity contribution in [1.82, 2.24) is 23.5 Å². The molecule has 1 atom stereocenters. The van der Waals surface area contributed by atoms with Crippen molar-refractivity contribution in [2.24, 2.45) is 0 Å². The largest absolute Gasteiger partial charge is 0.382 e. The first-order valence-electron chi connectivity index (χ1n) is 8.00. The highest BCUT2D eigenvalue weighted by molar-refractivity contribution is 14.1. The lowest BCUT2D eigenvalue weighted by Gasteiger charge is -2.15. The summed E-state index contributed by atoms with van der Waals surface area (Å²) in [5, 5.41) is 0. The van der Waals surface area contributed by atoms with Crippen molar-refractivity contribution in [3.8, 4) is 12.3 Å². The predicted molar refractivity (Wildman–Crippen MR) is 112 cm³/mol. The van der Waals surface area contributed by atoms with Crippen molar-refractivity contribution < 1.29 is 4.79 Å². The Kier molecular flexibility index (Phi) is 5.66. The van der Waals surface area contributed by atoms with Gasteiger partial charge in [-0.2, -0.15) is 9.97 Å². The van der Waals surface area contributed by atoms with E-state index in [-0.39, 0.29) is 23.6 Å². The second-order valence-corrected chi connectivity index (χ2v) is 6.39. The van der Waals surface area contributed by atoms with E-state index in [1.165, 1.54) is 0 Å². The number of nitrogens with one attached hydrogen (secondary N) is 1. The zero-order valence-electron chi connectivity index (χ0n) is 14.2. The van der Waals surface area contributed by atoms with Gasteiger partial charge in [-0.25, -0.2) is 9.97 Å². The normalized spacial score (nSPS) is 11.7. The summed E-state index contributed by atoms with van der Waals surface area (Å²) in [4.78, 5) is 28.4. The van der Waals surface area contributed by atoms with Gasteiger partial charge in [-0.15, -0.1) is 12.3 Å². The molecule has 8 nitrogen and oxygen atoms in total. The fraction of sp³-hybridized carbons (Fsp3) is 0.167. The van der Waals surface area contributed by atoms with Crippen molar-refractivity contribution >= 4 is 51.7 Å². The van der Waals surface area contributed by atoms with E-state index in [9.17, 15) is 4.79 Å². The van der Waals surface area contributed by atoms with E-state index >= 15 is 0 Å². The smallest absolute Gasteiger partial charge is 0.259 e. The molecule has 27 heavy (non-hydrogen) atoms. The van der Waals surface area contributed by atoms with Crippen molar-refractivity contribution in [1.29, 1.82) is 0 Å². The van der Waals surface area contributed by atoms with Gasteiger partial charge in [0.05, 0.1) is 34.8 Å². The molecule has 0 saturated heterocycles. The molecule has 1 aromatic carbocycles. The summed E-state index contributed by atoms with van der Waals surface area (Å²) < 4.78 is 2.57. The number of rotatable bonds is 5. The molecule has 5 N–H and O–H groups in total. The van der Waals surface area contributed by atoms with E-state index in [2.05, 4.69) is 29.4 Å². The molecular formula is C18H16IN7O. The van der Waals surface area contributed by atoms with Gasteiger partial charge in [0.15, 0.2) is 17.0 Å². The van der Waals surface area contributed by atoms with Crippen LogP contribution in [-0.4, -0.2) is 25.8 Å². The topological polar surface area (TPSA) is 133 Å². The highest BCUT2D eigenvalue weighted by Crippen LogP contribution is 2.25. The minimum atomic E-state index is -0.147. The summed E-state index contributed by atoms with van der Waals surface area (Å²) in [6.07, 6.45) is 8.26. The van der Waals surface area contributed by atoms with Gasteiger partial charge in [-0.05, 0) is 24.1 Å². The third-order valence-corrected chi connectivity index (χ3v) is 4.54. The third kappa shape index (κ3) is 4.22. The van der Waals surface area contributed by atoms with E-state index in [1.54, 1.807) is 18.3 Å². The lowest BCUT2D eigenvalue weighted by molar-refractivity contribution is 0.0989. The molecular weight excluding hydrogens is 457 g/mol. The van der Waals surface area contributed by atoms with E-state index in [1.807, 2.05) is 35.0 Å². The molecule has 0 bridgehead atoms. The molecule has 0 fully saturated rings. The van der Waals surface area contributed by atoms with Gasteiger partial charge in [-0.3, -0.25) is 8.32 Å². The molecule has 0 aliphatic carbocycles. The Balaban J connectivity index is 1.89. The Labute approximate surface area is 169 Å². The third-order valence-electron chi connectivity index (χ3n) is 4.05. The number of amides is 1. The van der Waals surface area contributed by atoms with Crippen LogP contribution in [0.2, 0.25) is 0 Å². The van der Waals surface area contributed by atoms with Gasteiger partial charge in [0.25, 0.3) is 5.91 Å². The van der Waals surface area contributed by atoms with Crippen molar-refractivity contribution in [3.05, 3.63) is 47.3 Å². The van der Waals surface area contributed by atoms with Crippen molar-refractivity contribution in [3.63, 3.8) is 0 Å². The number of halogens is 1. The maximum Gasteiger partial charge on any atom is 0.259 e. The lowest BCUT2D eigenvalue weighted by atomic mass is 9.91. The SMILES string of the molecule is C#CCC(Cc1cnc2nc(N)nc(N)c2n1)c1ccc(C(=O)NI)cc1. The Bertz CT molecular complexity index is 1030. The summed E-state index contributed by atoms with van der Waals surface area (Å²) in [5.41, 5.74) is 14.5. The van der Waals surface area contributed by atoms with E-state index in [0.717, 1.165) is 11.3 Å². The fourth-order valence-corrected chi connectivity index (χ4v) is 3.06. The first-order valence-corrected chi connectivity index (χ1v) is 9.08. The molecule has 0 saturated carbocycles. The average molecular weight is 473 g/mol. The molecule has 3 aromatic rings. The number of terminal acetylenes is 1. The summed E-state index contributed by atoms with van der Waals surface area (Å²) in [6.45, 7) is 0. The number of nitrogen functional groups attached to an aromatic ring is 2. The van der Waals surface area contributed by atoms with Crippen LogP contribution in [0.5, 0.6) is 0 Å². The summed E-state index contributed by atoms with van der Waals surface area (Å²) in [5.74, 6) is 2.82. The van der Waals surface area contributed by atoms with Crippen LogP contribution in [0.1, 0.15) is 34.0 Å². The summed E-state index contributed by atoms with van der Waals surface area (Å²) in [7, 11) is 0. The van der Waals surface area contributed by atoms with Crippen LogP contribution in [0.25, 0.3) is 11.2 Å². The van der Waals surface area contributed by atoms with Crippen molar-refractivity contribution in [2.45, 2.75) is 18.8 Å². The Morgan fingerprint density at radius 2 is 1.96 bits per heavy atom. The molecule has 2 heterocycles. The van der Waals surface area contributed by atoms with E-state index < -0.39 is 0 Å². The van der Waals surface area contributed by atoms with Crippen molar-refractivity contribution in [2.75, 3.05) is 11.5 Å². The number of hydrogen-bond donors (Lipinski definition) is 3. The second kappa shape index (κ2) is 8.13. The van der Waals surface area contributed by atoms with Crippen LogP contribution in [0, 0.1) is 12.3 Å². The van der Waals surface area contributed by atoms with Gasteiger partial charge < -0.3 is 11.5 Å². The molecule has 0 aliphatic rings. The highest BCUT2D eigenvalue weighted by atomic mass is 127. The average Bonchev–Trinajstić information content (AvgIpc) is 2.67. The Morgan fingerprint density at radius 1 is 1.22 bits per heavy atom. The number of hydrogen-bond acceptors (Lipinski definition) is 7. The lowest BCUT2D eigenvalue weighted by Crippen LogP contribution is -2.12. The zero-order valence-corrected chi connectivity index (χ0v) is 16.3. The van der Waals surface area contributed by atoms with Crippen LogP contribution in [-0.2, 0) is 6.42 Å². The number of fused-ring (bicyclic) bond motifs is 1. The quantitative estimate of drug-likeness (QED) is 0.293. The maximum absolute atomic E-state index is 11.7. The van der Waals surface area contributed by atoms with Gasteiger partial charge >= 0.3 is 0 Å². The van der Waals surface area contributed by atoms with E-state index in [0.29, 0.717) is 29.6 Å². The van der Waals surface area contributed by atoms with E-state index in [4.69, 9.17) is 17.9 Å². The number of anilines is 2. The Hall–Kier alpha value is -3.00. The summed E-state index contributed by atoms with van der Waals surface area (Å²) in [6, 6.07) is 7.34. The van der Waals surface area contributed by atoms with Crippen LogP contribution >= 0.6 is 22.9 Å². The van der Waals surface area contributed by atoms with Gasteiger partial charge in [0, 0.05) is 17.9 Å². The standard InChI is InChI=1S/C18H16IN7O/c1-2-3-12(10-4-6-11(7-5-10)17(27)26-19)8-13-9-22-16-14(23-13)15(20)24-18(21)25-16/h1,4-7,9,12H,3,8H2,(H,26,27)(H4,20,21,22,24,25). The molecule has 2 aromatic heterocycles. The molecule has 0 aliphatic heterocycles. The first-order chi connectivity index (χ1) is 13.0. The number of aromatic nitrogens is 4. The Morgan fingerprint density at radius 3 is 2.63 bits per heavy atom. The number of nitrogens with two attached hydrogens (primary N) is 2. The minimum absolute atomic E-state index is 0.0226. The van der Waals surface area contributed by atoms with Gasteiger partial charge in [0.2, 0.25) is 5.95 Å². The molecule has 1 unspecified atom stereocenters. The second-order valence-electron chi connectivity index (χ2n) is 5.86. The maximum atomic E-state index is 11.7. The van der Waals surface area contributed by atoms with Gasteiger partial charge in [0.1, 0.15) is 0 Å². The van der Waals surface area contributed by atoms with Gasteiger partial charge in [-0.1, -0.05) is 12.1 Å². The number of benzene rings is 1.